The summed E-state index contributed by atoms with van der Waals surface area (Å²) in [6, 6.07) is 10.5. The molecule has 0 saturated carbocycles. The highest BCUT2D eigenvalue weighted by molar-refractivity contribution is 7.89. The summed E-state index contributed by atoms with van der Waals surface area (Å²) in [6.07, 6.45) is 0. The zero-order chi connectivity index (χ0) is 22.8. The first-order chi connectivity index (χ1) is 14.6. The lowest BCUT2D eigenvalue weighted by Crippen LogP contribution is -2.52. The summed E-state index contributed by atoms with van der Waals surface area (Å²) < 4.78 is 27.3. The molecule has 31 heavy (non-hydrogen) atoms. The highest BCUT2D eigenvalue weighted by Crippen LogP contribution is 2.28. The quantitative estimate of drug-likeness (QED) is 0.623. The van der Waals surface area contributed by atoms with Crippen molar-refractivity contribution in [2.75, 3.05) is 44.2 Å². The van der Waals surface area contributed by atoms with Gasteiger partial charge in [0.25, 0.3) is 0 Å². The largest absolute Gasteiger partial charge is 0.368 e. The number of likely N-dealkylation sites (N-methyl/N-ethyl adjacent to an activating group) is 1. The zero-order valence-electron chi connectivity index (χ0n) is 17.9. The number of nitrogens with zero attached hydrogens (tertiary/aromatic N) is 3. The standard InChI is InChI=1S/C22H27Cl2N3O3S/c1-4-27(31(29,30)21-14-18(23)8-9-19(21)24)15-22(28)26-12-10-25(11-13-26)20-7-5-6-16(2)17(20)3/h5-9,14H,4,10-13,15H2,1-3H3. The van der Waals surface area contributed by atoms with Crippen LogP contribution in [0.15, 0.2) is 41.3 Å². The Hall–Kier alpha value is -1.80. The minimum Gasteiger partial charge on any atom is -0.368 e. The Bertz CT molecular complexity index is 1070. The van der Waals surface area contributed by atoms with Gasteiger partial charge in [0.2, 0.25) is 15.9 Å². The zero-order valence-corrected chi connectivity index (χ0v) is 20.3. The van der Waals surface area contributed by atoms with Crippen molar-refractivity contribution in [1.29, 1.82) is 0 Å². The van der Waals surface area contributed by atoms with E-state index in [0.29, 0.717) is 26.2 Å². The summed E-state index contributed by atoms with van der Waals surface area (Å²) in [5.74, 6) is -0.218. The van der Waals surface area contributed by atoms with E-state index in [1.807, 2.05) is 6.07 Å². The lowest BCUT2D eigenvalue weighted by atomic mass is 10.1. The predicted molar refractivity (Wildman–Crippen MR) is 126 cm³/mol. The normalized spacial score (nSPS) is 14.9. The number of piperazine rings is 1. The molecule has 6 nitrogen and oxygen atoms in total. The van der Waals surface area contributed by atoms with Crippen LogP contribution in [-0.2, 0) is 14.8 Å². The molecule has 0 N–H and O–H groups in total. The van der Waals surface area contributed by atoms with Gasteiger partial charge in [-0.15, -0.1) is 0 Å². The van der Waals surface area contributed by atoms with Crippen molar-refractivity contribution >= 4 is 44.8 Å². The van der Waals surface area contributed by atoms with Crippen molar-refractivity contribution in [2.45, 2.75) is 25.7 Å². The number of halogens is 2. The van der Waals surface area contributed by atoms with Gasteiger partial charge >= 0.3 is 0 Å². The van der Waals surface area contributed by atoms with Crippen LogP contribution < -0.4 is 4.90 Å². The second-order valence-corrected chi connectivity index (χ2v) is 10.3. The first kappa shape index (κ1) is 23.9. The van der Waals surface area contributed by atoms with Crippen molar-refractivity contribution in [3.8, 4) is 0 Å². The minimum absolute atomic E-state index is 0.0810. The molecule has 0 radical (unpaired) electrons. The van der Waals surface area contributed by atoms with E-state index in [9.17, 15) is 13.2 Å². The molecule has 1 amide bonds. The topological polar surface area (TPSA) is 60.9 Å². The van der Waals surface area contributed by atoms with Crippen LogP contribution in [0, 0.1) is 13.8 Å². The fourth-order valence-corrected chi connectivity index (χ4v) is 5.84. The van der Waals surface area contributed by atoms with Crippen LogP contribution in [0.4, 0.5) is 5.69 Å². The number of carbonyl (C=O) groups is 1. The molecule has 0 aliphatic carbocycles. The van der Waals surface area contributed by atoms with Gasteiger partial charge in [-0.3, -0.25) is 4.79 Å². The second kappa shape index (κ2) is 9.77. The summed E-state index contributed by atoms with van der Waals surface area (Å²) in [5, 5.41) is 0.352. The van der Waals surface area contributed by atoms with Crippen molar-refractivity contribution in [3.63, 3.8) is 0 Å². The van der Waals surface area contributed by atoms with Gasteiger partial charge < -0.3 is 9.80 Å². The van der Waals surface area contributed by atoms with Crippen LogP contribution >= 0.6 is 23.2 Å². The molecule has 0 aromatic heterocycles. The van der Waals surface area contributed by atoms with E-state index in [1.165, 1.54) is 35.0 Å². The van der Waals surface area contributed by atoms with Gasteiger partial charge in [0.05, 0.1) is 11.6 Å². The maximum absolute atomic E-state index is 13.1. The third-order valence-electron chi connectivity index (χ3n) is 5.72. The Labute approximate surface area is 194 Å². The van der Waals surface area contributed by atoms with E-state index in [4.69, 9.17) is 23.2 Å². The summed E-state index contributed by atoms with van der Waals surface area (Å²) in [6.45, 7) is 8.30. The fourth-order valence-electron chi connectivity index (χ4n) is 3.71. The maximum Gasteiger partial charge on any atom is 0.245 e. The van der Waals surface area contributed by atoms with Crippen LogP contribution in [0.3, 0.4) is 0 Å². The average Bonchev–Trinajstić information content (AvgIpc) is 2.75. The molecule has 1 saturated heterocycles. The molecule has 0 bridgehead atoms. The second-order valence-electron chi connectivity index (χ2n) is 7.59. The molecular weight excluding hydrogens is 457 g/mol. The lowest BCUT2D eigenvalue weighted by Gasteiger charge is -2.37. The molecule has 2 aromatic carbocycles. The number of hydrogen-bond donors (Lipinski definition) is 0. The van der Waals surface area contributed by atoms with Crippen LogP contribution in [-0.4, -0.2) is 62.8 Å². The monoisotopic (exact) mass is 483 g/mol. The van der Waals surface area contributed by atoms with E-state index in [-0.39, 0.29) is 33.9 Å². The van der Waals surface area contributed by atoms with Crippen molar-refractivity contribution in [1.82, 2.24) is 9.21 Å². The number of amides is 1. The molecule has 1 heterocycles. The minimum atomic E-state index is -3.94. The van der Waals surface area contributed by atoms with E-state index in [0.717, 1.165) is 4.31 Å². The van der Waals surface area contributed by atoms with Gasteiger partial charge in [-0.05, 0) is 49.2 Å². The fraction of sp³-hybridized carbons (Fsp3) is 0.409. The SMILES string of the molecule is CCN(CC(=O)N1CCN(c2cccc(C)c2C)CC1)S(=O)(=O)c1cc(Cl)ccc1Cl. The smallest absolute Gasteiger partial charge is 0.245 e. The van der Waals surface area contributed by atoms with Crippen molar-refractivity contribution in [3.05, 3.63) is 57.6 Å². The van der Waals surface area contributed by atoms with Crippen LogP contribution in [0.5, 0.6) is 0 Å². The van der Waals surface area contributed by atoms with Gasteiger partial charge in [0.1, 0.15) is 4.90 Å². The predicted octanol–water partition coefficient (Wildman–Crippen LogP) is 3.97. The molecule has 0 unspecified atom stereocenters. The van der Waals surface area contributed by atoms with Gasteiger partial charge in [-0.1, -0.05) is 42.3 Å². The molecule has 0 atom stereocenters. The van der Waals surface area contributed by atoms with E-state index in [2.05, 4.69) is 30.9 Å². The molecule has 1 aliphatic rings. The number of sulfonamides is 1. The number of benzene rings is 2. The third-order valence-corrected chi connectivity index (χ3v) is 8.36. The van der Waals surface area contributed by atoms with E-state index < -0.39 is 10.0 Å². The van der Waals surface area contributed by atoms with E-state index in [1.54, 1.807) is 11.8 Å². The van der Waals surface area contributed by atoms with Crippen LogP contribution in [0.2, 0.25) is 10.0 Å². The molecule has 2 aromatic rings. The molecule has 1 aliphatic heterocycles. The number of carbonyl (C=O) groups excluding carboxylic acids is 1. The van der Waals surface area contributed by atoms with E-state index >= 15 is 0 Å². The number of aryl methyl sites for hydroxylation is 1. The maximum atomic E-state index is 13.1. The van der Waals surface area contributed by atoms with Gasteiger partial charge in [-0.25, -0.2) is 8.42 Å². The number of anilines is 1. The summed E-state index contributed by atoms with van der Waals surface area (Å²) in [5.41, 5.74) is 3.66. The molecule has 168 valence electrons. The van der Waals surface area contributed by atoms with Gasteiger partial charge in [-0.2, -0.15) is 4.31 Å². The molecular formula is C22H27Cl2N3O3S. The number of rotatable bonds is 6. The Morgan fingerprint density at radius 1 is 1.06 bits per heavy atom. The highest BCUT2D eigenvalue weighted by atomic mass is 35.5. The third kappa shape index (κ3) is 5.17. The molecule has 0 spiro atoms. The Morgan fingerprint density at radius 3 is 2.39 bits per heavy atom. The van der Waals surface area contributed by atoms with Gasteiger partial charge in [0.15, 0.2) is 0 Å². The van der Waals surface area contributed by atoms with Crippen molar-refractivity contribution < 1.29 is 13.2 Å². The molecule has 3 rings (SSSR count). The first-order valence-corrected chi connectivity index (χ1v) is 12.4. The highest BCUT2D eigenvalue weighted by Gasteiger charge is 2.30. The Kier molecular flexibility index (Phi) is 7.52. The Morgan fingerprint density at radius 2 is 1.74 bits per heavy atom. The summed E-state index contributed by atoms with van der Waals surface area (Å²) in [4.78, 5) is 16.8. The number of hydrogen-bond acceptors (Lipinski definition) is 4. The van der Waals surface area contributed by atoms with Crippen molar-refractivity contribution in [2.24, 2.45) is 0 Å². The Balaban J connectivity index is 1.68. The summed E-state index contributed by atoms with van der Waals surface area (Å²) in [7, 11) is -3.94. The lowest BCUT2D eigenvalue weighted by molar-refractivity contribution is -0.131. The van der Waals surface area contributed by atoms with Crippen LogP contribution in [0.1, 0.15) is 18.1 Å². The first-order valence-electron chi connectivity index (χ1n) is 10.2. The average molecular weight is 484 g/mol. The van der Waals surface area contributed by atoms with Gasteiger partial charge in [0, 0.05) is 43.4 Å². The summed E-state index contributed by atoms with van der Waals surface area (Å²) >= 11 is 12.1. The molecule has 9 heteroatoms. The van der Waals surface area contributed by atoms with Crippen LogP contribution in [0.25, 0.3) is 0 Å². The molecule has 1 fully saturated rings.